The second kappa shape index (κ2) is 6.44. The van der Waals surface area contributed by atoms with Crippen LogP contribution in [-0.2, 0) is 0 Å². The number of halogens is 1. The highest BCUT2D eigenvalue weighted by molar-refractivity contribution is 6.28. The number of aliphatic imine (C=N–C) groups is 1. The predicted octanol–water partition coefficient (Wildman–Crippen LogP) is 4.32. The van der Waals surface area contributed by atoms with Crippen LogP contribution in [0.15, 0.2) is 47.5 Å². The maximum Gasteiger partial charge on any atom is 0.127 e. The third kappa shape index (κ3) is 3.75. The molecule has 0 amide bonds. The summed E-state index contributed by atoms with van der Waals surface area (Å²) in [6.07, 6.45) is 0. The lowest BCUT2D eigenvalue weighted by molar-refractivity contribution is 0.482. The van der Waals surface area contributed by atoms with E-state index in [1.807, 2.05) is 42.5 Å². The molecule has 0 bridgehead atoms. The van der Waals surface area contributed by atoms with Gasteiger partial charge in [-0.3, -0.25) is 0 Å². The average molecular weight is 289 g/mol. The molecule has 0 saturated carbocycles. The minimum absolute atomic E-state index is 0.223. The lowest BCUT2D eigenvalue weighted by atomic mass is 10.1. The Balaban J connectivity index is 2.12. The van der Waals surface area contributed by atoms with Crippen molar-refractivity contribution in [3.63, 3.8) is 0 Å². The van der Waals surface area contributed by atoms with Gasteiger partial charge in [0.2, 0.25) is 0 Å². The monoisotopic (exact) mass is 288 g/mol. The van der Waals surface area contributed by atoms with Gasteiger partial charge in [-0.05, 0) is 61.4 Å². The molecule has 0 aliphatic rings. The van der Waals surface area contributed by atoms with Gasteiger partial charge in [0.1, 0.15) is 17.3 Å². The minimum Gasteiger partial charge on any atom is -0.457 e. The van der Waals surface area contributed by atoms with Crippen molar-refractivity contribution in [3.05, 3.63) is 53.6 Å². The van der Waals surface area contributed by atoms with Crippen LogP contribution in [0.5, 0.6) is 11.5 Å². The molecule has 2 aromatic rings. The lowest BCUT2D eigenvalue weighted by Crippen LogP contribution is -2.12. The fourth-order valence-electron chi connectivity index (χ4n) is 1.70. The summed E-state index contributed by atoms with van der Waals surface area (Å²) in [5.41, 5.74) is 8.80. The van der Waals surface area contributed by atoms with E-state index < -0.39 is 0 Å². The molecule has 0 heterocycles. The second-order valence-corrected chi connectivity index (χ2v) is 4.85. The standard InChI is InChI=1S/C16H17ClN2O/c1-11-3-6-15(9-12(11)2)20-14-7-4-13(5-8-14)19-16(18)10-17/h3-9H,10H2,1-2H3,(H2,18,19). The molecule has 0 aliphatic carbocycles. The maximum atomic E-state index is 5.79. The molecule has 0 fully saturated rings. The van der Waals surface area contributed by atoms with Crippen molar-refractivity contribution in [1.29, 1.82) is 0 Å². The van der Waals surface area contributed by atoms with Gasteiger partial charge in [-0.25, -0.2) is 4.99 Å². The highest BCUT2D eigenvalue weighted by Gasteiger charge is 2.00. The van der Waals surface area contributed by atoms with Crippen LogP contribution in [0.2, 0.25) is 0 Å². The van der Waals surface area contributed by atoms with Crippen LogP contribution in [0.4, 0.5) is 5.69 Å². The molecule has 2 rings (SSSR count). The number of hydrogen-bond acceptors (Lipinski definition) is 2. The summed E-state index contributed by atoms with van der Waals surface area (Å²) in [6.45, 7) is 4.14. The summed E-state index contributed by atoms with van der Waals surface area (Å²) in [5, 5.41) is 0. The second-order valence-electron chi connectivity index (χ2n) is 4.58. The van der Waals surface area contributed by atoms with Gasteiger partial charge in [0.05, 0.1) is 11.6 Å². The van der Waals surface area contributed by atoms with Crippen molar-refractivity contribution < 1.29 is 4.74 Å². The topological polar surface area (TPSA) is 47.6 Å². The minimum atomic E-state index is 0.223. The third-order valence-corrected chi connectivity index (χ3v) is 3.23. The number of benzene rings is 2. The van der Waals surface area contributed by atoms with Crippen molar-refractivity contribution in [2.24, 2.45) is 10.7 Å². The van der Waals surface area contributed by atoms with E-state index in [0.29, 0.717) is 5.84 Å². The van der Waals surface area contributed by atoms with Gasteiger partial charge >= 0.3 is 0 Å². The van der Waals surface area contributed by atoms with Gasteiger partial charge in [0.15, 0.2) is 0 Å². The molecule has 0 atom stereocenters. The van der Waals surface area contributed by atoms with E-state index in [9.17, 15) is 0 Å². The number of amidine groups is 1. The Morgan fingerprint density at radius 1 is 1.05 bits per heavy atom. The molecule has 0 unspecified atom stereocenters. The molecular weight excluding hydrogens is 272 g/mol. The highest BCUT2D eigenvalue weighted by atomic mass is 35.5. The Hall–Kier alpha value is -2.00. The molecule has 0 aliphatic heterocycles. The summed E-state index contributed by atoms with van der Waals surface area (Å²) in [7, 11) is 0. The zero-order chi connectivity index (χ0) is 14.5. The van der Waals surface area contributed by atoms with Crippen LogP contribution < -0.4 is 10.5 Å². The number of nitrogens with two attached hydrogens (primary N) is 1. The van der Waals surface area contributed by atoms with E-state index in [1.54, 1.807) is 0 Å². The van der Waals surface area contributed by atoms with E-state index in [2.05, 4.69) is 18.8 Å². The van der Waals surface area contributed by atoms with Gasteiger partial charge in [-0.2, -0.15) is 0 Å². The fraction of sp³-hybridized carbons (Fsp3) is 0.188. The normalized spacial score (nSPS) is 11.4. The van der Waals surface area contributed by atoms with E-state index >= 15 is 0 Å². The Morgan fingerprint density at radius 3 is 2.30 bits per heavy atom. The first-order valence-electron chi connectivity index (χ1n) is 6.32. The van der Waals surface area contributed by atoms with E-state index in [0.717, 1.165) is 17.2 Å². The Bertz CT molecular complexity index is 621. The summed E-state index contributed by atoms with van der Waals surface area (Å²) in [4.78, 5) is 4.16. The zero-order valence-electron chi connectivity index (χ0n) is 11.6. The molecule has 0 radical (unpaired) electrons. The molecule has 0 aromatic heterocycles. The number of hydrogen-bond donors (Lipinski definition) is 1. The molecule has 20 heavy (non-hydrogen) atoms. The van der Waals surface area contributed by atoms with Crippen LogP contribution in [0.25, 0.3) is 0 Å². The number of rotatable bonds is 4. The van der Waals surface area contributed by atoms with Crippen molar-refractivity contribution in [3.8, 4) is 11.5 Å². The van der Waals surface area contributed by atoms with Gasteiger partial charge in [-0.1, -0.05) is 6.07 Å². The zero-order valence-corrected chi connectivity index (χ0v) is 12.3. The first kappa shape index (κ1) is 14.4. The maximum absolute atomic E-state index is 5.79. The molecular formula is C16H17ClN2O. The van der Waals surface area contributed by atoms with Crippen molar-refractivity contribution in [2.45, 2.75) is 13.8 Å². The van der Waals surface area contributed by atoms with Gasteiger partial charge in [0.25, 0.3) is 0 Å². The summed E-state index contributed by atoms with van der Waals surface area (Å²) >= 11 is 5.59. The van der Waals surface area contributed by atoms with E-state index in [-0.39, 0.29) is 5.88 Å². The highest BCUT2D eigenvalue weighted by Crippen LogP contribution is 2.25. The van der Waals surface area contributed by atoms with Gasteiger partial charge in [-0.15, -0.1) is 11.6 Å². The SMILES string of the molecule is Cc1ccc(Oc2ccc(N=C(N)CCl)cc2)cc1C. The van der Waals surface area contributed by atoms with Gasteiger partial charge in [0, 0.05) is 0 Å². The Morgan fingerprint density at radius 2 is 1.70 bits per heavy atom. The van der Waals surface area contributed by atoms with Crippen LogP contribution in [0.1, 0.15) is 11.1 Å². The van der Waals surface area contributed by atoms with Crippen LogP contribution in [-0.4, -0.2) is 11.7 Å². The lowest BCUT2D eigenvalue weighted by Gasteiger charge is -2.08. The van der Waals surface area contributed by atoms with Crippen LogP contribution in [0.3, 0.4) is 0 Å². The van der Waals surface area contributed by atoms with E-state index in [4.69, 9.17) is 22.1 Å². The Labute approximate surface area is 124 Å². The average Bonchev–Trinajstić information content (AvgIpc) is 2.45. The molecule has 104 valence electrons. The van der Waals surface area contributed by atoms with Crippen molar-refractivity contribution >= 4 is 23.1 Å². The van der Waals surface area contributed by atoms with Crippen LogP contribution >= 0.6 is 11.6 Å². The first-order chi connectivity index (χ1) is 9.58. The smallest absolute Gasteiger partial charge is 0.127 e. The molecule has 2 N–H and O–H groups in total. The number of ether oxygens (including phenoxy) is 1. The molecule has 3 nitrogen and oxygen atoms in total. The number of alkyl halides is 1. The van der Waals surface area contributed by atoms with Crippen molar-refractivity contribution in [2.75, 3.05) is 5.88 Å². The van der Waals surface area contributed by atoms with Gasteiger partial charge < -0.3 is 10.5 Å². The molecule has 4 heteroatoms. The quantitative estimate of drug-likeness (QED) is 0.517. The van der Waals surface area contributed by atoms with Crippen LogP contribution in [0, 0.1) is 13.8 Å². The molecule has 0 spiro atoms. The summed E-state index contributed by atoms with van der Waals surface area (Å²) < 4.78 is 5.79. The predicted molar refractivity (Wildman–Crippen MR) is 84.4 cm³/mol. The summed E-state index contributed by atoms with van der Waals surface area (Å²) in [6, 6.07) is 13.4. The van der Waals surface area contributed by atoms with E-state index in [1.165, 1.54) is 11.1 Å². The molecule has 0 saturated heterocycles. The first-order valence-corrected chi connectivity index (χ1v) is 6.86. The Kier molecular flexibility index (Phi) is 4.64. The fourth-order valence-corrected chi connectivity index (χ4v) is 1.76. The summed E-state index contributed by atoms with van der Waals surface area (Å²) in [5.74, 6) is 2.21. The largest absolute Gasteiger partial charge is 0.457 e. The number of nitrogens with zero attached hydrogens (tertiary/aromatic N) is 1. The number of aryl methyl sites for hydroxylation is 2. The van der Waals surface area contributed by atoms with Crippen molar-refractivity contribution in [1.82, 2.24) is 0 Å². The third-order valence-electron chi connectivity index (χ3n) is 2.96. The molecule has 2 aromatic carbocycles.